The van der Waals surface area contributed by atoms with Crippen molar-refractivity contribution in [2.45, 2.75) is 12.5 Å². The highest BCUT2D eigenvalue weighted by molar-refractivity contribution is 7.85. The van der Waals surface area contributed by atoms with Crippen molar-refractivity contribution in [3.8, 4) is 0 Å². The summed E-state index contributed by atoms with van der Waals surface area (Å²) in [6.07, 6.45) is -0.315. The molecule has 0 amide bonds. The zero-order valence-corrected chi connectivity index (χ0v) is 10.0. The number of quaternary nitrogens is 1. The van der Waals surface area contributed by atoms with Gasteiger partial charge in [0, 0.05) is 6.42 Å². The first-order valence-electron chi connectivity index (χ1n) is 4.80. The van der Waals surface area contributed by atoms with E-state index in [-0.39, 0.29) is 6.54 Å². The highest BCUT2D eigenvalue weighted by atomic mass is 32.2. The summed E-state index contributed by atoms with van der Waals surface area (Å²) in [6, 6.07) is 0. The molecule has 0 fully saturated rings. The average Bonchev–Trinajstić information content (AvgIpc) is 1.95. The van der Waals surface area contributed by atoms with E-state index in [1.165, 1.54) is 0 Å². The van der Waals surface area contributed by atoms with E-state index in [1.54, 1.807) is 0 Å². The topological polar surface area (TPSA) is 103 Å². The predicted molar refractivity (Wildman–Crippen MR) is 56.1 cm³/mol. The summed E-state index contributed by atoms with van der Waals surface area (Å²) in [7, 11) is -0.636. The maximum absolute atomic E-state index is 10.4. The Labute approximate surface area is 91.0 Å². The van der Waals surface area contributed by atoms with Gasteiger partial charge < -0.3 is 19.9 Å². The first-order valence-corrected chi connectivity index (χ1v) is 6.38. The van der Waals surface area contributed by atoms with E-state index in [9.17, 15) is 18.1 Å². The molecule has 0 aliphatic carbocycles. The molecule has 0 aliphatic heterocycles. The Kier molecular flexibility index (Phi) is 5.68. The Balaban J connectivity index is 4.09. The molecule has 0 spiro atoms. The second kappa shape index (κ2) is 5.76. The van der Waals surface area contributed by atoms with E-state index in [4.69, 9.17) is 5.73 Å². The Hall–Kier alpha value is -0.210. The molecule has 0 aromatic carbocycles. The second-order valence-corrected chi connectivity index (χ2v) is 5.81. The summed E-state index contributed by atoms with van der Waals surface area (Å²) in [4.78, 5) is 0. The van der Waals surface area contributed by atoms with Crippen LogP contribution >= 0.6 is 0 Å². The third kappa shape index (κ3) is 8.76. The molecule has 1 atom stereocenters. The number of likely N-dealkylation sites (N-methyl/N-ethyl adjacent to an activating group) is 1. The van der Waals surface area contributed by atoms with E-state index < -0.39 is 22.0 Å². The summed E-state index contributed by atoms with van der Waals surface area (Å²) in [5.41, 5.74) is 5.35. The Morgan fingerprint density at radius 1 is 1.47 bits per heavy atom. The lowest BCUT2D eigenvalue weighted by Crippen LogP contribution is -2.48. The Morgan fingerprint density at radius 2 is 2.00 bits per heavy atom. The van der Waals surface area contributed by atoms with Crippen LogP contribution in [0.3, 0.4) is 0 Å². The van der Waals surface area contributed by atoms with Gasteiger partial charge in [0.2, 0.25) is 0 Å². The van der Waals surface area contributed by atoms with Crippen molar-refractivity contribution < 1.29 is 22.6 Å². The molecule has 0 heterocycles. The summed E-state index contributed by atoms with van der Waals surface area (Å²) < 4.78 is 31.6. The molecule has 1 unspecified atom stereocenters. The number of nitrogens with two attached hydrogens (primary N) is 1. The van der Waals surface area contributed by atoms with Gasteiger partial charge in [-0.3, -0.25) is 0 Å². The number of hydrogen-bond acceptors (Lipinski definition) is 5. The zero-order valence-electron chi connectivity index (χ0n) is 9.22. The Bertz CT molecular complexity index is 276. The van der Waals surface area contributed by atoms with Crippen LogP contribution in [0.4, 0.5) is 0 Å². The molecule has 15 heavy (non-hydrogen) atoms. The standard InChI is InChI=1S/C8H20N2O4S/c1-10(2,5-3-4-9)6-8(11)7-15(12,13)14/h8,11H,3-7,9H2,1-2H3. The van der Waals surface area contributed by atoms with Gasteiger partial charge in [-0.25, -0.2) is 8.42 Å². The van der Waals surface area contributed by atoms with Gasteiger partial charge in [-0.15, -0.1) is 0 Å². The molecule has 3 N–H and O–H groups in total. The predicted octanol–water partition coefficient (Wildman–Crippen LogP) is -1.68. The van der Waals surface area contributed by atoms with E-state index >= 15 is 0 Å². The van der Waals surface area contributed by atoms with Crippen molar-refractivity contribution in [3.05, 3.63) is 0 Å². The molecule has 6 nitrogen and oxygen atoms in total. The lowest BCUT2D eigenvalue weighted by Gasteiger charge is -2.32. The van der Waals surface area contributed by atoms with E-state index in [2.05, 4.69) is 0 Å². The van der Waals surface area contributed by atoms with Gasteiger partial charge in [-0.2, -0.15) is 0 Å². The van der Waals surface area contributed by atoms with Crippen molar-refractivity contribution in [1.82, 2.24) is 0 Å². The van der Waals surface area contributed by atoms with E-state index in [0.29, 0.717) is 11.0 Å². The summed E-state index contributed by atoms with van der Waals surface area (Å²) in [5.74, 6) is -0.725. The van der Waals surface area contributed by atoms with Crippen LogP contribution in [0.5, 0.6) is 0 Å². The van der Waals surface area contributed by atoms with Crippen LogP contribution in [0.15, 0.2) is 0 Å². The van der Waals surface area contributed by atoms with E-state index in [1.807, 2.05) is 14.1 Å². The van der Waals surface area contributed by atoms with E-state index in [0.717, 1.165) is 13.0 Å². The van der Waals surface area contributed by atoms with Crippen molar-refractivity contribution >= 4 is 10.1 Å². The van der Waals surface area contributed by atoms with Crippen molar-refractivity contribution in [3.63, 3.8) is 0 Å². The molecular weight excluding hydrogens is 220 g/mol. The van der Waals surface area contributed by atoms with Crippen LogP contribution in [0, 0.1) is 0 Å². The minimum atomic E-state index is -4.35. The quantitative estimate of drug-likeness (QED) is 0.408. The average molecular weight is 240 g/mol. The third-order valence-electron chi connectivity index (χ3n) is 2.07. The van der Waals surface area contributed by atoms with Gasteiger partial charge in [0.15, 0.2) is 0 Å². The van der Waals surface area contributed by atoms with Crippen molar-refractivity contribution in [2.24, 2.45) is 5.73 Å². The molecule has 0 saturated heterocycles. The molecule has 0 radical (unpaired) electrons. The second-order valence-electron chi connectivity index (χ2n) is 4.36. The number of rotatable bonds is 7. The third-order valence-corrected chi connectivity index (χ3v) is 2.86. The fourth-order valence-electron chi connectivity index (χ4n) is 1.47. The summed E-state index contributed by atoms with van der Waals surface area (Å²) in [5, 5.41) is 9.39. The summed E-state index contributed by atoms with van der Waals surface area (Å²) in [6.45, 7) is 1.53. The molecular formula is C8H20N2O4S. The van der Waals surface area contributed by atoms with Crippen LogP contribution < -0.4 is 5.73 Å². The van der Waals surface area contributed by atoms with Crippen LogP contribution in [0.2, 0.25) is 0 Å². The zero-order chi connectivity index (χ0) is 12.1. The van der Waals surface area contributed by atoms with Crippen LogP contribution in [-0.4, -0.2) is 68.1 Å². The normalized spacial score (nSPS) is 15.3. The lowest BCUT2D eigenvalue weighted by molar-refractivity contribution is -0.893. The smallest absolute Gasteiger partial charge is 0.116 e. The fraction of sp³-hybridized carbons (Fsp3) is 1.00. The fourth-order valence-corrected chi connectivity index (χ4v) is 2.05. The SMILES string of the molecule is C[N+](C)(CCCN)CC(O)CS(=O)(=O)[O-]. The largest absolute Gasteiger partial charge is 0.748 e. The van der Waals surface area contributed by atoms with Gasteiger partial charge in [0.05, 0.1) is 36.5 Å². The van der Waals surface area contributed by atoms with Crippen LogP contribution in [0.25, 0.3) is 0 Å². The maximum Gasteiger partial charge on any atom is 0.116 e. The first-order chi connectivity index (χ1) is 6.66. The highest BCUT2D eigenvalue weighted by Gasteiger charge is 2.21. The molecule has 0 bridgehead atoms. The van der Waals surface area contributed by atoms with Gasteiger partial charge in [0.1, 0.15) is 12.6 Å². The van der Waals surface area contributed by atoms with Crippen LogP contribution in [0.1, 0.15) is 6.42 Å². The summed E-state index contributed by atoms with van der Waals surface area (Å²) >= 11 is 0. The maximum atomic E-state index is 10.4. The molecule has 0 aliphatic rings. The monoisotopic (exact) mass is 240 g/mol. The lowest BCUT2D eigenvalue weighted by atomic mass is 10.3. The van der Waals surface area contributed by atoms with Gasteiger partial charge in [-0.05, 0) is 6.54 Å². The number of aliphatic hydroxyl groups is 1. The molecule has 0 saturated carbocycles. The number of hydrogen-bond donors (Lipinski definition) is 2. The number of aliphatic hydroxyl groups excluding tert-OH is 1. The highest BCUT2D eigenvalue weighted by Crippen LogP contribution is 2.03. The van der Waals surface area contributed by atoms with Gasteiger partial charge in [-0.1, -0.05) is 0 Å². The van der Waals surface area contributed by atoms with Crippen molar-refractivity contribution in [1.29, 1.82) is 0 Å². The van der Waals surface area contributed by atoms with Gasteiger partial charge in [0.25, 0.3) is 0 Å². The molecule has 0 rings (SSSR count). The minimum absolute atomic E-state index is 0.238. The van der Waals surface area contributed by atoms with Crippen LogP contribution in [-0.2, 0) is 10.1 Å². The van der Waals surface area contributed by atoms with Gasteiger partial charge >= 0.3 is 0 Å². The first kappa shape index (κ1) is 14.8. The van der Waals surface area contributed by atoms with Crippen molar-refractivity contribution in [2.75, 3.05) is 39.5 Å². The number of nitrogens with zero attached hydrogens (tertiary/aromatic N) is 1. The molecule has 7 heteroatoms. The molecule has 0 aromatic heterocycles. The Morgan fingerprint density at radius 3 is 2.40 bits per heavy atom. The molecule has 92 valence electrons. The minimum Gasteiger partial charge on any atom is -0.748 e. The molecule has 0 aromatic rings.